The van der Waals surface area contributed by atoms with Crippen molar-refractivity contribution in [3.8, 4) is 16.9 Å². The van der Waals surface area contributed by atoms with E-state index in [2.05, 4.69) is 40.9 Å². The first kappa shape index (κ1) is 18.6. The van der Waals surface area contributed by atoms with Crippen LogP contribution >= 0.6 is 0 Å². The monoisotopic (exact) mass is 413 g/mol. The lowest BCUT2D eigenvalue weighted by molar-refractivity contribution is 0.625. The molecule has 0 radical (unpaired) electrons. The highest BCUT2D eigenvalue weighted by Gasteiger charge is 2.11. The molecule has 0 fully saturated rings. The Hall–Kier alpha value is -4.47. The van der Waals surface area contributed by atoms with Gasteiger partial charge in [0.15, 0.2) is 11.2 Å². The first-order chi connectivity index (χ1) is 15.2. The summed E-state index contributed by atoms with van der Waals surface area (Å²) in [5.74, 6) is 0.544. The number of aromatic nitrogens is 7. The Labute approximate surface area is 176 Å². The number of fused-ring (bicyclic) bond motifs is 1. The minimum atomic E-state index is -0.364. The molecule has 0 aliphatic rings. The molecular weight excluding hydrogens is 397 g/mol. The van der Waals surface area contributed by atoms with Gasteiger partial charge < -0.3 is 10.6 Å². The number of anilines is 3. The Kier molecular flexibility index (Phi) is 4.64. The zero-order valence-electron chi connectivity index (χ0n) is 16.4. The third-order valence-corrected chi connectivity index (χ3v) is 4.54. The Bertz CT molecular complexity index is 1380. The zero-order valence-corrected chi connectivity index (χ0v) is 16.4. The zero-order chi connectivity index (χ0) is 21.2. The summed E-state index contributed by atoms with van der Waals surface area (Å²) in [6.07, 6.45) is 3.27. The largest absolute Gasteiger partial charge is 0.357 e. The second-order valence-electron chi connectivity index (χ2n) is 6.60. The van der Waals surface area contributed by atoms with Crippen LogP contribution in [0.15, 0.2) is 67.0 Å². The molecule has 3 heterocycles. The second kappa shape index (κ2) is 7.75. The summed E-state index contributed by atoms with van der Waals surface area (Å²) >= 11 is 0. The van der Waals surface area contributed by atoms with Gasteiger partial charge in [-0.05, 0) is 36.4 Å². The molecule has 0 atom stereocenters. The standard InChI is InChI=1S/C21H16FN9/c1-23-20-24-9-8-17(27-20)13-4-2-6-15(10-13)26-21-25-12-18-19(28-21)31(30-29-18)16-7-3-5-14(22)11-16/h2-12H,1H3,(H,23,24,27)(H,25,26,28). The fourth-order valence-electron chi connectivity index (χ4n) is 3.10. The van der Waals surface area contributed by atoms with Gasteiger partial charge >= 0.3 is 0 Å². The van der Waals surface area contributed by atoms with Crippen molar-refractivity contribution >= 4 is 28.7 Å². The summed E-state index contributed by atoms with van der Waals surface area (Å²) in [7, 11) is 1.77. The summed E-state index contributed by atoms with van der Waals surface area (Å²) in [6, 6.07) is 15.6. The van der Waals surface area contributed by atoms with E-state index in [1.165, 1.54) is 16.8 Å². The highest BCUT2D eigenvalue weighted by Crippen LogP contribution is 2.24. The number of halogens is 1. The van der Waals surface area contributed by atoms with Gasteiger partial charge in [-0.3, -0.25) is 0 Å². The summed E-state index contributed by atoms with van der Waals surface area (Å²) in [5, 5.41) is 14.3. The molecule has 152 valence electrons. The lowest BCUT2D eigenvalue weighted by Crippen LogP contribution is -2.02. The number of hydrogen-bond acceptors (Lipinski definition) is 8. The van der Waals surface area contributed by atoms with Crippen LogP contribution in [0.1, 0.15) is 0 Å². The smallest absolute Gasteiger partial charge is 0.229 e. The maximum Gasteiger partial charge on any atom is 0.229 e. The highest BCUT2D eigenvalue weighted by molar-refractivity contribution is 5.73. The van der Waals surface area contributed by atoms with E-state index in [-0.39, 0.29) is 5.82 Å². The summed E-state index contributed by atoms with van der Waals surface area (Å²) in [4.78, 5) is 17.4. The molecule has 0 aliphatic carbocycles. The molecule has 9 nitrogen and oxygen atoms in total. The molecule has 0 bridgehead atoms. The average Bonchev–Trinajstić information content (AvgIpc) is 3.23. The van der Waals surface area contributed by atoms with Crippen LogP contribution in [-0.4, -0.2) is 42.0 Å². The Morgan fingerprint density at radius 3 is 2.71 bits per heavy atom. The van der Waals surface area contributed by atoms with Gasteiger partial charge in [0, 0.05) is 24.5 Å². The van der Waals surface area contributed by atoms with E-state index in [0.29, 0.717) is 28.7 Å². The molecule has 0 saturated carbocycles. The Morgan fingerprint density at radius 1 is 0.935 bits per heavy atom. The molecule has 0 unspecified atom stereocenters. The van der Waals surface area contributed by atoms with Crippen LogP contribution in [0.25, 0.3) is 28.1 Å². The van der Waals surface area contributed by atoms with Crippen molar-refractivity contribution in [2.45, 2.75) is 0 Å². The molecule has 0 saturated heterocycles. The first-order valence-electron chi connectivity index (χ1n) is 9.42. The SMILES string of the molecule is CNc1nccc(-c2cccc(Nc3ncc4nnn(-c5cccc(F)c5)c4n3)c2)n1. The van der Waals surface area contributed by atoms with Crippen molar-refractivity contribution in [1.82, 2.24) is 34.9 Å². The van der Waals surface area contributed by atoms with E-state index in [0.717, 1.165) is 16.9 Å². The number of nitrogens with zero attached hydrogens (tertiary/aromatic N) is 7. The van der Waals surface area contributed by atoms with Crippen LogP contribution in [0.2, 0.25) is 0 Å². The molecule has 5 rings (SSSR count). The third kappa shape index (κ3) is 3.73. The van der Waals surface area contributed by atoms with E-state index in [9.17, 15) is 4.39 Å². The fraction of sp³-hybridized carbons (Fsp3) is 0.0476. The molecule has 10 heteroatoms. The van der Waals surface area contributed by atoms with Crippen LogP contribution in [0, 0.1) is 5.82 Å². The summed E-state index contributed by atoms with van der Waals surface area (Å²) in [5.41, 5.74) is 3.98. The minimum absolute atomic E-state index is 0.364. The lowest BCUT2D eigenvalue weighted by atomic mass is 10.1. The van der Waals surface area contributed by atoms with Crippen molar-refractivity contribution in [1.29, 1.82) is 0 Å². The summed E-state index contributed by atoms with van der Waals surface area (Å²) in [6.45, 7) is 0. The van der Waals surface area contributed by atoms with Gasteiger partial charge in [-0.25, -0.2) is 19.3 Å². The molecule has 31 heavy (non-hydrogen) atoms. The van der Waals surface area contributed by atoms with Crippen LogP contribution in [0.4, 0.5) is 22.0 Å². The maximum atomic E-state index is 13.6. The Balaban J connectivity index is 1.47. The lowest BCUT2D eigenvalue weighted by Gasteiger charge is -2.08. The van der Waals surface area contributed by atoms with E-state index in [1.54, 1.807) is 31.6 Å². The molecule has 2 aromatic carbocycles. The van der Waals surface area contributed by atoms with Crippen LogP contribution in [0.3, 0.4) is 0 Å². The van der Waals surface area contributed by atoms with Gasteiger partial charge in [-0.2, -0.15) is 9.67 Å². The second-order valence-corrected chi connectivity index (χ2v) is 6.60. The van der Waals surface area contributed by atoms with Crippen molar-refractivity contribution < 1.29 is 4.39 Å². The first-order valence-corrected chi connectivity index (χ1v) is 9.42. The van der Waals surface area contributed by atoms with Gasteiger partial charge in [0.25, 0.3) is 0 Å². The topological polar surface area (TPSA) is 106 Å². The van der Waals surface area contributed by atoms with E-state index in [4.69, 9.17) is 0 Å². The number of rotatable bonds is 5. The van der Waals surface area contributed by atoms with Crippen LogP contribution in [0.5, 0.6) is 0 Å². The van der Waals surface area contributed by atoms with Crippen LogP contribution in [-0.2, 0) is 0 Å². The molecule has 2 N–H and O–H groups in total. The van der Waals surface area contributed by atoms with Crippen LogP contribution < -0.4 is 10.6 Å². The van der Waals surface area contributed by atoms with Gasteiger partial charge in [0.05, 0.1) is 17.6 Å². The normalized spacial score (nSPS) is 10.9. The van der Waals surface area contributed by atoms with Crippen molar-refractivity contribution in [3.05, 3.63) is 72.8 Å². The predicted octanol–water partition coefficient (Wildman–Crippen LogP) is 3.59. The third-order valence-electron chi connectivity index (χ3n) is 4.54. The molecular formula is C21H16FN9. The predicted molar refractivity (Wildman–Crippen MR) is 115 cm³/mol. The quantitative estimate of drug-likeness (QED) is 0.450. The van der Waals surface area contributed by atoms with E-state index >= 15 is 0 Å². The molecule has 3 aromatic heterocycles. The molecule has 5 aromatic rings. The number of benzene rings is 2. The van der Waals surface area contributed by atoms with E-state index < -0.39 is 0 Å². The average molecular weight is 413 g/mol. The Morgan fingerprint density at radius 2 is 1.84 bits per heavy atom. The minimum Gasteiger partial charge on any atom is -0.357 e. The molecule has 0 amide bonds. The number of hydrogen-bond donors (Lipinski definition) is 2. The van der Waals surface area contributed by atoms with Gasteiger partial charge in [0.2, 0.25) is 11.9 Å². The van der Waals surface area contributed by atoms with Crippen molar-refractivity contribution in [2.75, 3.05) is 17.7 Å². The highest BCUT2D eigenvalue weighted by atomic mass is 19.1. The van der Waals surface area contributed by atoms with Crippen molar-refractivity contribution in [2.24, 2.45) is 0 Å². The number of nitrogens with one attached hydrogen (secondary N) is 2. The molecule has 0 aliphatic heterocycles. The van der Waals surface area contributed by atoms with Gasteiger partial charge in [0.1, 0.15) is 5.82 Å². The van der Waals surface area contributed by atoms with Crippen molar-refractivity contribution in [3.63, 3.8) is 0 Å². The summed E-state index contributed by atoms with van der Waals surface area (Å²) < 4.78 is 15.1. The van der Waals surface area contributed by atoms with Gasteiger partial charge in [-0.15, -0.1) is 5.10 Å². The van der Waals surface area contributed by atoms with Gasteiger partial charge in [-0.1, -0.05) is 23.4 Å². The fourth-order valence-corrected chi connectivity index (χ4v) is 3.10. The molecule has 0 spiro atoms. The maximum absolute atomic E-state index is 13.6. The van der Waals surface area contributed by atoms with E-state index in [1.807, 2.05) is 30.3 Å².